The highest BCUT2D eigenvalue weighted by Gasteiger charge is 2.03. The Balaban J connectivity index is 3.28. The maximum atomic E-state index is 11.1. The van der Waals surface area contributed by atoms with Crippen LogP contribution >= 0.6 is 0 Å². The molecule has 0 bridgehead atoms. The number of carbonyl (C=O) groups is 1. The van der Waals surface area contributed by atoms with Crippen LogP contribution < -0.4 is 11.1 Å². The van der Waals surface area contributed by atoms with E-state index in [1.165, 1.54) is 0 Å². The first-order valence-electron chi connectivity index (χ1n) is 5.25. The summed E-state index contributed by atoms with van der Waals surface area (Å²) in [4.78, 5) is 11.1. The van der Waals surface area contributed by atoms with Gasteiger partial charge in [-0.15, -0.1) is 0 Å². The van der Waals surface area contributed by atoms with Crippen molar-refractivity contribution >= 4 is 5.91 Å². The fourth-order valence-corrected chi connectivity index (χ4v) is 0.834. The molecular formula is C10H22N2O2. The zero-order valence-corrected chi connectivity index (χ0v) is 9.21. The van der Waals surface area contributed by atoms with Crippen LogP contribution in [0, 0.1) is 5.92 Å². The first-order valence-corrected chi connectivity index (χ1v) is 5.25. The van der Waals surface area contributed by atoms with E-state index in [0.29, 0.717) is 25.6 Å². The van der Waals surface area contributed by atoms with Crippen molar-refractivity contribution in [2.45, 2.75) is 26.7 Å². The van der Waals surface area contributed by atoms with Crippen molar-refractivity contribution in [2.75, 3.05) is 26.3 Å². The summed E-state index contributed by atoms with van der Waals surface area (Å²) < 4.78 is 5.16. The molecule has 0 radical (unpaired) electrons. The summed E-state index contributed by atoms with van der Waals surface area (Å²) in [6.45, 7) is 6.14. The van der Waals surface area contributed by atoms with Gasteiger partial charge in [-0.2, -0.15) is 0 Å². The number of hydrogen-bond donors (Lipinski definition) is 2. The summed E-state index contributed by atoms with van der Waals surface area (Å²) in [5.74, 6) is 0.274. The maximum Gasteiger partial charge on any atom is 0.246 e. The van der Waals surface area contributed by atoms with Gasteiger partial charge in [0.2, 0.25) is 5.91 Å². The second-order valence-corrected chi connectivity index (χ2v) is 3.55. The topological polar surface area (TPSA) is 64.3 Å². The van der Waals surface area contributed by atoms with Gasteiger partial charge in [-0.3, -0.25) is 4.79 Å². The van der Waals surface area contributed by atoms with Crippen molar-refractivity contribution in [3.05, 3.63) is 0 Å². The molecule has 0 heterocycles. The van der Waals surface area contributed by atoms with Crippen LogP contribution in [0.5, 0.6) is 0 Å². The molecule has 1 unspecified atom stereocenters. The average molecular weight is 202 g/mol. The van der Waals surface area contributed by atoms with Gasteiger partial charge < -0.3 is 15.8 Å². The van der Waals surface area contributed by atoms with E-state index in [1.807, 2.05) is 6.92 Å². The molecule has 84 valence electrons. The van der Waals surface area contributed by atoms with Crippen LogP contribution in [0.25, 0.3) is 0 Å². The van der Waals surface area contributed by atoms with E-state index < -0.39 is 0 Å². The third kappa shape index (κ3) is 8.01. The number of carbonyl (C=O) groups excluding carboxylic acids is 1. The summed E-state index contributed by atoms with van der Waals surface area (Å²) in [6, 6.07) is 0. The third-order valence-electron chi connectivity index (χ3n) is 1.93. The Morgan fingerprint density at radius 3 is 2.86 bits per heavy atom. The molecule has 14 heavy (non-hydrogen) atoms. The molecule has 1 atom stereocenters. The maximum absolute atomic E-state index is 11.1. The molecule has 0 rings (SSSR count). The Morgan fingerprint density at radius 1 is 1.57 bits per heavy atom. The number of amides is 1. The van der Waals surface area contributed by atoms with E-state index in [4.69, 9.17) is 10.5 Å². The van der Waals surface area contributed by atoms with Crippen LogP contribution in [0.3, 0.4) is 0 Å². The Kier molecular flexibility index (Phi) is 8.57. The monoisotopic (exact) mass is 202 g/mol. The van der Waals surface area contributed by atoms with Crippen molar-refractivity contribution in [3.8, 4) is 0 Å². The van der Waals surface area contributed by atoms with E-state index >= 15 is 0 Å². The van der Waals surface area contributed by atoms with Gasteiger partial charge in [0, 0.05) is 13.2 Å². The smallest absolute Gasteiger partial charge is 0.246 e. The minimum Gasteiger partial charge on any atom is -0.372 e. The minimum atomic E-state index is -0.0543. The highest BCUT2D eigenvalue weighted by molar-refractivity contribution is 5.77. The van der Waals surface area contributed by atoms with E-state index in [0.717, 1.165) is 12.8 Å². The number of nitrogens with two attached hydrogens (primary N) is 1. The highest BCUT2D eigenvalue weighted by atomic mass is 16.5. The van der Waals surface area contributed by atoms with E-state index in [2.05, 4.69) is 12.2 Å². The molecule has 0 aliphatic heterocycles. The van der Waals surface area contributed by atoms with E-state index in [9.17, 15) is 4.79 Å². The highest BCUT2D eigenvalue weighted by Crippen LogP contribution is 1.89. The van der Waals surface area contributed by atoms with Gasteiger partial charge in [0.15, 0.2) is 0 Å². The lowest BCUT2D eigenvalue weighted by molar-refractivity contribution is -0.125. The van der Waals surface area contributed by atoms with Gasteiger partial charge >= 0.3 is 0 Å². The molecule has 0 aromatic carbocycles. The van der Waals surface area contributed by atoms with E-state index in [1.54, 1.807) is 0 Å². The lowest BCUT2D eigenvalue weighted by atomic mass is 10.2. The van der Waals surface area contributed by atoms with Crippen molar-refractivity contribution in [3.63, 3.8) is 0 Å². The van der Waals surface area contributed by atoms with Crippen molar-refractivity contribution in [1.82, 2.24) is 5.32 Å². The molecule has 3 N–H and O–H groups in total. The zero-order valence-electron chi connectivity index (χ0n) is 9.21. The Labute approximate surface area is 86.2 Å². The van der Waals surface area contributed by atoms with Crippen LogP contribution in [-0.4, -0.2) is 32.2 Å². The summed E-state index contributed by atoms with van der Waals surface area (Å²) in [6.07, 6.45) is 2.10. The Bertz CT molecular complexity index is 151. The van der Waals surface area contributed by atoms with Gasteiger partial charge in [0.05, 0.1) is 0 Å². The van der Waals surface area contributed by atoms with E-state index in [-0.39, 0.29) is 12.5 Å². The van der Waals surface area contributed by atoms with Crippen molar-refractivity contribution < 1.29 is 9.53 Å². The summed E-state index contributed by atoms with van der Waals surface area (Å²) >= 11 is 0. The predicted molar refractivity (Wildman–Crippen MR) is 57.0 cm³/mol. The SMILES string of the molecule is CCCCOCC(=O)NCC(C)CN. The number of hydrogen-bond acceptors (Lipinski definition) is 3. The van der Waals surface area contributed by atoms with Crippen LogP contribution in [0.2, 0.25) is 0 Å². The summed E-state index contributed by atoms with van der Waals surface area (Å²) in [5, 5.41) is 2.77. The molecule has 0 aromatic heterocycles. The first kappa shape index (κ1) is 13.4. The Hall–Kier alpha value is -0.610. The quantitative estimate of drug-likeness (QED) is 0.564. The van der Waals surface area contributed by atoms with Gasteiger partial charge in [-0.1, -0.05) is 20.3 Å². The lowest BCUT2D eigenvalue weighted by Crippen LogP contribution is -2.33. The van der Waals surface area contributed by atoms with Gasteiger partial charge in [-0.25, -0.2) is 0 Å². The van der Waals surface area contributed by atoms with Crippen molar-refractivity contribution in [1.29, 1.82) is 0 Å². The molecule has 0 aromatic rings. The second kappa shape index (κ2) is 8.97. The number of unbranched alkanes of at least 4 members (excludes halogenated alkanes) is 1. The molecule has 0 saturated carbocycles. The minimum absolute atomic E-state index is 0.0543. The molecule has 0 spiro atoms. The largest absolute Gasteiger partial charge is 0.372 e. The fourth-order valence-electron chi connectivity index (χ4n) is 0.834. The average Bonchev–Trinajstić information content (AvgIpc) is 2.21. The molecule has 4 nitrogen and oxygen atoms in total. The van der Waals surface area contributed by atoms with Gasteiger partial charge in [0.1, 0.15) is 6.61 Å². The van der Waals surface area contributed by atoms with Crippen molar-refractivity contribution in [2.24, 2.45) is 11.7 Å². The standard InChI is InChI=1S/C10H22N2O2/c1-3-4-5-14-8-10(13)12-7-9(2)6-11/h9H,3-8,11H2,1-2H3,(H,12,13). The molecule has 0 saturated heterocycles. The predicted octanol–water partition coefficient (Wildman–Crippen LogP) is 0.514. The Morgan fingerprint density at radius 2 is 2.29 bits per heavy atom. The molecule has 1 amide bonds. The van der Waals surface area contributed by atoms with Gasteiger partial charge in [-0.05, 0) is 18.9 Å². The summed E-state index contributed by atoms with van der Waals surface area (Å²) in [5.41, 5.74) is 5.42. The van der Waals surface area contributed by atoms with Gasteiger partial charge in [0.25, 0.3) is 0 Å². The van der Waals surface area contributed by atoms with Crippen LogP contribution in [0.1, 0.15) is 26.7 Å². The third-order valence-corrected chi connectivity index (χ3v) is 1.93. The molecular weight excluding hydrogens is 180 g/mol. The normalized spacial score (nSPS) is 12.5. The number of rotatable bonds is 8. The number of nitrogens with one attached hydrogen (secondary N) is 1. The first-order chi connectivity index (χ1) is 6.70. The van der Waals surface area contributed by atoms with Crippen LogP contribution in [-0.2, 0) is 9.53 Å². The van der Waals surface area contributed by atoms with Crippen LogP contribution in [0.15, 0.2) is 0 Å². The number of ether oxygens (including phenoxy) is 1. The zero-order chi connectivity index (χ0) is 10.8. The molecule has 0 aliphatic rings. The second-order valence-electron chi connectivity index (χ2n) is 3.55. The molecule has 0 fully saturated rings. The lowest BCUT2D eigenvalue weighted by Gasteiger charge is -2.10. The molecule has 4 heteroatoms. The fraction of sp³-hybridized carbons (Fsp3) is 0.900. The molecule has 0 aliphatic carbocycles. The van der Waals surface area contributed by atoms with Crippen LogP contribution in [0.4, 0.5) is 0 Å². The summed E-state index contributed by atoms with van der Waals surface area (Å²) in [7, 11) is 0.